The number of aliphatic hydroxyl groups excluding tert-OH is 1. The Labute approximate surface area is 239 Å². The second kappa shape index (κ2) is 12.9. The van der Waals surface area contributed by atoms with Crippen molar-refractivity contribution in [3.8, 4) is 5.75 Å². The molecule has 0 unspecified atom stereocenters. The van der Waals surface area contributed by atoms with Gasteiger partial charge in [-0.3, -0.25) is 4.72 Å². The number of hydrogen-bond acceptors (Lipinski definition) is 7. The zero-order valence-corrected chi connectivity index (χ0v) is 23.6. The smallest absolute Gasteiger partial charge is 0.261 e. The van der Waals surface area contributed by atoms with Crippen LogP contribution in [0.15, 0.2) is 113 Å². The van der Waals surface area contributed by atoms with Gasteiger partial charge in [-0.25, -0.2) is 8.42 Å². The van der Waals surface area contributed by atoms with Gasteiger partial charge in [-0.1, -0.05) is 66.7 Å². The van der Waals surface area contributed by atoms with Crippen LogP contribution in [-0.2, 0) is 26.1 Å². The van der Waals surface area contributed by atoms with Gasteiger partial charge in [0.2, 0.25) is 0 Å². The van der Waals surface area contributed by atoms with Crippen LogP contribution in [0.5, 0.6) is 5.75 Å². The van der Waals surface area contributed by atoms with Crippen LogP contribution in [0, 0.1) is 0 Å². The lowest BCUT2D eigenvalue weighted by atomic mass is 10.0. The molecule has 208 valence electrons. The van der Waals surface area contributed by atoms with E-state index in [9.17, 15) is 13.5 Å². The second-order valence-electron chi connectivity index (χ2n) is 9.35. The zero-order chi connectivity index (χ0) is 28.0. The molecule has 1 heterocycles. The van der Waals surface area contributed by atoms with Crippen LogP contribution < -0.4 is 9.46 Å². The Balaban J connectivity index is 1.34. The molecule has 0 aromatic heterocycles. The summed E-state index contributed by atoms with van der Waals surface area (Å²) in [6.07, 6.45) is -0.315. The largest absolute Gasteiger partial charge is 0.496 e. The summed E-state index contributed by atoms with van der Waals surface area (Å²) < 4.78 is 46.4. The first-order chi connectivity index (χ1) is 19.4. The lowest BCUT2D eigenvalue weighted by molar-refractivity contribution is -0.245. The Morgan fingerprint density at radius 2 is 1.55 bits per heavy atom. The normalized spacial score (nSPS) is 19.2. The number of anilines is 1. The fraction of sp³-hybridized carbons (Fsp3) is 0.226. The van der Waals surface area contributed by atoms with Crippen molar-refractivity contribution in [3.05, 3.63) is 120 Å². The van der Waals surface area contributed by atoms with Gasteiger partial charge in [0.1, 0.15) is 5.75 Å². The fourth-order valence-corrected chi connectivity index (χ4v) is 6.59. The summed E-state index contributed by atoms with van der Waals surface area (Å²) in [4.78, 5) is 1.24. The van der Waals surface area contributed by atoms with Gasteiger partial charge in [0.15, 0.2) is 6.29 Å². The van der Waals surface area contributed by atoms with Crippen molar-refractivity contribution in [2.24, 2.45) is 0 Å². The van der Waals surface area contributed by atoms with Gasteiger partial charge in [-0.15, -0.1) is 11.8 Å². The maximum absolute atomic E-state index is 12.7. The molecule has 7 nitrogen and oxygen atoms in total. The number of para-hydroxylation sites is 1. The van der Waals surface area contributed by atoms with E-state index in [0.717, 1.165) is 27.3 Å². The second-order valence-corrected chi connectivity index (χ2v) is 12.1. The van der Waals surface area contributed by atoms with Crippen LogP contribution in [0.25, 0.3) is 0 Å². The lowest BCUT2D eigenvalue weighted by Gasteiger charge is -2.36. The van der Waals surface area contributed by atoms with E-state index in [1.807, 2.05) is 60.7 Å². The summed E-state index contributed by atoms with van der Waals surface area (Å²) in [6, 6.07) is 30.9. The van der Waals surface area contributed by atoms with E-state index in [1.165, 1.54) is 0 Å². The molecular weight excluding hydrogens is 546 g/mol. The summed E-state index contributed by atoms with van der Waals surface area (Å²) in [5.41, 5.74) is 3.07. The average Bonchev–Trinajstić information content (AvgIpc) is 3.00. The van der Waals surface area contributed by atoms with E-state index in [0.29, 0.717) is 17.9 Å². The molecular formula is C31H31NO6S2. The highest BCUT2D eigenvalue weighted by Crippen LogP contribution is 2.40. The summed E-state index contributed by atoms with van der Waals surface area (Å²) in [5.74, 6) is 1.52. The Bertz CT molecular complexity index is 1500. The quantitative estimate of drug-likeness (QED) is 0.213. The number of hydrogen-bond donors (Lipinski definition) is 2. The molecule has 1 fully saturated rings. The summed E-state index contributed by atoms with van der Waals surface area (Å²) in [5, 5.41) is 9.44. The van der Waals surface area contributed by atoms with Gasteiger partial charge >= 0.3 is 0 Å². The molecule has 0 amide bonds. The van der Waals surface area contributed by atoms with Crippen molar-refractivity contribution in [2.75, 3.05) is 17.6 Å². The third kappa shape index (κ3) is 6.86. The number of rotatable bonds is 10. The predicted molar refractivity (Wildman–Crippen MR) is 156 cm³/mol. The highest BCUT2D eigenvalue weighted by molar-refractivity contribution is 7.99. The third-order valence-corrected chi connectivity index (χ3v) is 9.18. The number of sulfonamides is 1. The average molecular weight is 578 g/mol. The lowest BCUT2D eigenvalue weighted by Crippen LogP contribution is -2.31. The van der Waals surface area contributed by atoms with Gasteiger partial charge in [0, 0.05) is 28.3 Å². The maximum Gasteiger partial charge on any atom is 0.261 e. The zero-order valence-electron chi connectivity index (χ0n) is 22.0. The summed E-state index contributed by atoms with van der Waals surface area (Å²) in [7, 11) is -2.03. The molecule has 0 radical (unpaired) electrons. The van der Waals surface area contributed by atoms with Crippen LogP contribution >= 0.6 is 11.8 Å². The number of ether oxygens (including phenoxy) is 3. The van der Waals surface area contributed by atoms with E-state index in [2.05, 4.69) is 4.72 Å². The summed E-state index contributed by atoms with van der Waals surface area (Å²) >= 11 is 1.67. The minimum Gasteiger partial charge on any atom is -0.496 e. The van der Waals surface area contributed by atoms with Gasteiger partial charge < -0.3 is 19.3 Å². The topological polar surface area (TPSA) is 94.1 Å². The maximum atomic E-state index is 12.7. The van der Waals surface area contributed by atoms with Crippen LogP contribution in [0.3, 0.4) is 0 Å². The number of benzene rings is 4. The van der Waals surface area contributed by atoms with Crippen LogP contribution in [0.2, 0.25) is 0 Å². The summed E-state index contributed by atoms with van der Waals surface area (Å²) in [6.45, 7) is -0.0178. The van der Waals surface area contributed by atoms with E-state index < -0.39 is 16.3 Å². The molecule has 0 aliphatic carbocycles. The Hall–Kier alpha value is -3.34. The molecule has 40 heavy (non-hydrogen) atoms. The highest BCUT2D eigenvalue weighted by atomic mass is 32.2. The first-order valence-corrected chi connectivity index (χ1v) is 15.4. The van der Waals surface area contributed by atoms with Crippen molar-refractivity contribution < 1.29 is 27.7 Å². The molecule has 4 aromatic rings. The minimum absolute atomic E-state index is 0.0178. The molecule has 5 rings (SSSR count). The first-order valence-electron chi connectivity index (χ1n) is 12.9. The molecule has 3 atom stereocenters. The van der Waals surface area contributed by atoms with Gasteiger partial charge in [0.05, 0.1) is 30.8 Å². The van der Waals surface area contributed by atoms with Crippen molar-refractivity contribution in [2.45, 2.75) is 41.3 Å². The molecule has 1 aliphatic heterocycles. The molecule has 4 aromatic carbocycles. The van der Waals surface area contributed by atoms with Crippen molar-refractivity contribution in [1.29, 1.82) is 0 Å². The van der Waals surface area contributed by atoms with Gasteiger partial charge in [0.25, 0.3) is 10.0 Å². The minimum atomic E-state index is -3.69. The molecule has 0 bridgehead atoms. The fourth-order valence-electron chi connectivity index (χ4n) is 4.47. The van der Waals surface area contributed by atoms with E-state index in [4.69, 9.17) is 14.2 Å². The van der Waals surface area contributed by atoms with Gasteiger partial charge in [-0.05, 0) is 47.5 Å². The molecule has 2 N–H and O–H groups in total. The standard InChI is InChI=1S/C31H31NO6S2/c1-36-28-9-5-6-10-30(28)39-21-26-19-29(23-13-11-22(20-33)12-14-23)38-31(37-26)24-15-17-25(18-16-24)32-40(34,35)27-7-3-2-4-8-27/h2-18,26,29,31-33H,19-21H2,1H3/t26-,29+,31+/m0/s1. The molecule has 1 aliphatic rings. The number of nitrogens with one attached hydrogen (secondary N) is 1. The van der Waals surface area contributed by atoms with Crippen LogP contribution in [0.1, 0.15) is 35.5 Å². The molecule has 9 heteroatoms. The van der Waals surface area contributed by atoms with Crippen molar-refractivity contribution in [1.82, 2.24) is 0 Å². The predicted octanol–water partition coefficient (Wildman–Crippen LogP) is 6.33. The SMILES string of the molecule is COc1ccccc1SC[C@@H]1C[C@H](c2ccc(CO)cc2)O[C@H](c2ccc(NS(=O)(=O)c3ccccc3)cc2)O1. The number of aliphatic hydroxyl groups is 1. The number of thioether (sulfide) groups is 1. The molecule has 1 saturated heterocycles. The first kappa shape index (κ1) is 28.2. The van der Waals surface area contributed by atoms with E-state index in [1.54, 1.807) is 61.3 Å². The monoisotopic (exact) mass is 577 g/mol. The van der Waals surface area contributed by atoms with E-state index >= 15 is 0 Å². The van der Waals surface area contributed by atoms with Crippen molar-refractivity contribution >= 4 is 27.5 Å². The Morgan fingerprint density at radius 3 is 2.25 bits per heavy atom. The Kier molecular flexibility index (Phi) is 9.08. The van der Waals surface area contributed by atoms with Crippen LogP contribution in [0.4, 0.5) is 5.69 Å². The van der Waals surface area contributed by atoms with Crippen molar-refractivity contribution in [3.63, 3.8) is 0 Å². The molecule has 0 spiro atoms. The van der Waals surface area contributed by atoms with Gasteiger partial charge in [-0.2, -0.15) is 0 Å². The number of methoxy groups -OCH3 is 1. The highest BCUT2D eigenvalue weighted by Gasteiger charge is 2.32. The molecule has 0 saturated carbocycles. The Morgan fingerprint density at radius 1 is 0.875 bits per heavy atom. The van der Waals surface area contributed by atoms with E-state index in [-0.39, 0.29) is 23.7 Å². The van der Waals surface area contributed by atoms with Crippen LogP contribution in [-0.4, -0.2) is 32.5 Å². The third-order valence-electron chi connectivity index (χ3n) is 6.60.